The second-order valence-electron chi connectivity index (χ2n) is 11.9. The number of imidazole rings is 1. The van der Waals surface area contributed by atoms with Crippen molar-refractivity contribution in [2.75, 3.05) is 13.1 Å². The van der Waals surface area contributed by atoms with Crippen molar-refractivity contribution in [3.8, 4) is 11.8 Å². The van der Waals surface area contributed by atoms with Crippen LogP contribution in [0.5, 0.6) is 0 Å². The van der Waals surface area contributed by atoms with Crippen LogP contribution in [0.25, 0.3) is 11.0 Å². The summed E-state index contributed by atoms with van der Waals surface area (Å²) in [6.45, 7) is 8.77. The smallest absolute Gasteiger partial charge is 0.410 e. The molecule has 3 aliphatic heterocycles. The van der Waals surface area contributed by atoms with E-state index in [1.54, 1.807) is 11.8 Å². The van der Waals surface area contributed by atoms with Crippen LogP contribution in [0.2, 0.25) is 0 Å². The first-order valence-corrected chi connectivity index (χ1v) is 14.1. The van der Waals surface area contributed by atoms with Gasteiger partial charge in [-0.05, 0) is 88.4 Å². The third kappa shape index (κ3) is 5.21. The molecule has 40 heavy (non-hydrogen) atoms. The van der Waals surface area contributed by atoms with Crippen LogP contribution in [-0.2, 0) is 16.0 Å². The highest BCUT2D eigenvalue weighted by atomic mass is 16.6. The largest absolute Gasteiger partial charge is 0.444 e. The molecule has 8 heteroatoms. The van der Waals surface area contributed by atoms with E-state index in [1.165, 1.54) is 0 Å². The number of likely N-dealkylation sites (tertiary alicyclic amines) is 2. The molecule has 8 nitrogen and oxygen atoms in total. The zero-order valence-corrected chi connectivity index (χ0v) is 23.6. The lowest BCUT2D eigenvalue weighted by molar-refractivity contribution is -0.128. The molecule has 0 spiro atoms. The summed E-state index contributed by atoms with van der Waals surface area (Å²) in [4.78, 5) is 41.6. The molecule has 6 rings (SSSR count). The predicted molar refractivity (Wildman–Crippen MR) is 155 cm³/mol. The van der Waals surface area contributed by atoms with Crippen LogP contribution in [0.3, 0.4) is 0 Å². The fourth-order valence-electron chi connectivity index (χ4n) is 5.99. The number of nitrogens with one attached hydrogen (secondary N) is 1. The lowest BCUT2D eigenvalue weighted by atomic mass is 10.0. The van der Waals surface area contributed by atoms with E-state index < -0.39 is 5.60 Å². The van der Waals surface area contributed by atoms with Crippen molar-refractivity contribution in [3.63, 3.8) is 0 Å². The molecule has 1 aromatic heterocycles. The molecule has 1 N–H and O–H groups in total. The maximum Gasteiger partial charge on any atom is 0.410 e. The van der Waals surface area contributed by atoms with Gasteiger partial charge in [-0.1, -0.05) is 11.8 Å². The molecule has 2 saturated heterocycles. The van der Waals surface area contributed by atoms with Crippen LogP contribution < -0.4 is 0 Å². The Balaban J connectivity index is 1.17. The highest BCUT2D eigenvalue weighted by Crippen LogP contribution is 2.34. The Hall–Kier alpha value is -4.12. The van der Waals surface area contributed by atoms with Crippen LogP contribution in [-0.4, -0.2) is 62.2 Å². The number of fused-ring (bicyclic) bond motifs is 2. The Labute approximate surface area is 234 Å². The standard InChI is InChI=1S/C32H35N5O3/c1-20(38)36-15-5-7-28(36)27-19-23-17-21(11-13-24(23)33-27)9-10-22-12-14-25-26(18-22)35-30(34-25)29-8-6-16-37(29)31(39)40-32(2,3)4/h11-14,17-18,28-29H,5-8,15-16,19H2,1-4H3,(H,34,35)/t28-,29-/m0/s1. The summed E-state index contributed by atoms with van der Waals surface area (Å²) in [5.74, 6) is 7.50. The predicted octanol–water partition coefficient (Wildman–Crippen LogP) is 5.67. The van der Waals surface area contributed by atoms with Gasteiger partial charge in [-0.2, -0.15) is 0 Å². The zero-order valence-electron chi connectivity index (χ0n) is 23.6. The zero-order chi connectivity index (χ0) is 28.0. The fraction of sp³-hybridized carbons (Fsp3) is 0.438. The average molecular weight is 538 g/mol. The first-order valence-electron chi connectivity index (χ1n) is 14.1. The van der Waals surface area contributed by atoms with E-state index in [0.717, 1.165) is 83.6 Å². The molecule has 3 aromatic rings. The second-order valence-corrected chi connectivity index (χ2v) is 11.9. The van der Waals surface area contributed by atoms with Gasteiger partial charge >= 0.3 is 6.09 Å². The Morgan fingerprint density at radius 3 is 2.42 bits per heavy atom. The van der Waals surface area contributed by atoms with Crippen molar-refractivity contribution < 1.29 is 14.3 Å². The number of aromatic amines is 1. The van der Waals surface area contributed by atoms with Crippen molar-refractivity contribution >= 4 is 34.4 Å². The molecule has 0 saturated carbocycles. The van der Waals surface area contributed by atoms with E-state index in [2.05, 4.69) is 22.9 Å². The molecule has 2 aromatic carbocycles. The lowest BCUT2D eigenvalue weighted by Gasteiger charge is -2.27. The van der Waals surface area contributed by atoms with E-state index in [-0.39, 0.29) is 24.1 Å². The van der Waals surface area contributed by atoms with Gasteiger partial charge in [0.05, 0.1) is 28.8 Å². The molecular weight excluding hydrogens is 502 g/mol. The SMILES string of the molecule is CC(=O)N1CCC[C@H]1C1=Nc2ccc(C#Cc3ccc4nc([C@@H]5CCCN5C(=O)OC(C)(C)C)[nH]c4c3)cc2C1. The molecule has 2 fully saturated rings. The summed E-state index contributed by atoms with van der Waals surface area (Å²) in [7, 11) is 0. The molecule has 4 heterocycles. The topological polar surface area (TPSA) is 90.9 Å². The molecule has 0 bridgehead atoms. The van der Waals surface area contributed by atoms with Crippen LogP contribution in [0, 0.1) is 11.8 Å². The van der Waals surface area contributed by atoms with Gasteiger partial charge < -0.3 is 14.6 Å². The Kier molecular flexibility index (Phi) is 6.61. The van der Waals surface area contributed by atoms with Crippen LogP contribution in [0.15, 0.2) is 41.4 Å². The fourth-order valence-corrected chi connectivity index (χ4v) is 5.99. The summed E-state index contributed by atoms with van der Waals surface area (Å²) in [5.41, 5.74) is 6.27. The van der Waals surface area contributed by atoms with E-state index in [0.29, 0.717) is 6.54 Å². The van der Waals surface area contributed by atoms with Gasteiger partial charge in [0.2, 0.25) is 5.91 Å². The molecule has 3 aliphatic rings. The van der Waals surface area contributed by atoms with Gasteiger partial charge in [-0.15, -0.1) is 0 Å². The quantitative estimate of drug-likeness (QED) is 0.426. The number of hydrogen-bond acceptors (Lipinski definition) is 5. The van der Waals surface area contributed by atoms with Gasteiger partial charge in [0, 0.05) is 43.3 Å². The van der Waals surface area contributed by atoms with Crippen molar-refractivity contribution in [3.05, 3.63) is 58.9 Å². The Morgan fingerprint density at radius 2 is 1.68 bits per heavy atom. The molecule has 2 atom stereocenters. The number of rotatable bonds is 2. The van der Waals surface area contributed by atoms with Crippen LogP contribution in [0.4, 0.5) is 10.5 Å². The van der Waals surface area contributed by atoms with Crippen molar-refractivity contribution in [2.45, 2.75) is 77.5 Å². The van der Waals surface area contributed by atoms with Crippen LogP contribution in [0.1, 0.15) is 81.9 Å². The van der Waals surface area contributed by atoms with Gasteiger partial charge in [0.25, 0.3) is 0 Å². The maximum atomic E-state index is 12.8. The third-order valence-electron chi connectivity index (χ3n) is 7.80. The minimum atomic E-state index is -0.535. The lowest BCUT2D eigenvalue weighted by Crippen LogP contribution is -2.39. The number of H-pyrrole nitrogens is 1. The van der Waals surface area contributed by atoms with Crippen molar-refractivity contribution in [1.29, 1.82) is 0 Å². The maximum absolute atomic E-state index is 12.8. The molecule has 0 unspecified atom stereocenters. The first-order chi connectivity index (χ1) is 19.1. The van der Waals surface area contributed by atoms with Crippen LogP contribution >= 0.6 is 0 Å². The highest BCUT2D eigenvalue weighted by Gasteiger charge is 2.35. The number of aliphatic imine (C=N–C) groups is 1. The number of aromatic nitrogens is 2. The normalized spacial score (nSPS) is 20.4. The van der Waals surface area contributed by atoms with E-state index in [4.69, 9.17) is 14.7 Å². The number of nitrogens with zero attached hydrogens (tertiary/aromatic N) is 4. The van der Waals surface area contributed by atoms with E-state index in [1.807, 2.05) is 56.0 Å². The molecule has 0 radical (unpaired) electrons. The van der Waals surface area contributed by atoms with Gasteiger partial charge in [0.15, 0.2) is 0 Å². The summed E-state index contributed by atoms with van der Waals surface area (Å²) < 4.78 is 5.62. The van der Waals surface area contributed by atoms with Gasteiger partial charge in [-0.3, -0.25) is 14.7 Å². The molecule has 2 amide bonds. The van der Waals surface area contributed by atoms with Gasteiger partial charge in [-0.25, -0.2) is 9.78 Å². The van der Waals surface area contributed by atoms with E-state index >= 15 is 0 Å². The minimum absolute atomic E-state index is 0.117. The number of carbonyl (C=O) groups is 2. The number of carbonyl (C=O) groups excluding carboxylic acids is 2. The van der Waals surface area contributed by atoms with Gasteiger partial charge in [0.1, 0.15) is 11.4 Å². The molecule has 0 aliphatic carbocycles. The highest BCUT2D eigenvalue weighted by molar-refractivity contribution is 6.00. The van der Waals surface area contributed by atoms with Crippen molar-refractivity contribution in [2.24, 2.45) is 4.99 Å². The monoisotopic (exact) mass is 537 g/mol. The number of benzene rings is 2. The minimum Gasteiger partial charge on any atom is -0.444 e. The summed E-state index contributed by atoms with van der Waals surface area (Å²) >= 11 is 0. The third-order valence-corrected chi connectivity index (χ3v) is 7.80. The van der Waals surface area contributed by atoms with E-state index in [9.17, 15) is 9.59 Å². The molecule has 206 valence electrons. The number of amides is 2. The summed E-state index contributed by atoms with van der Waals surface area (Å²) in [6, 6.07) is 12.1. The van der Waals surface area contributed by atoms with Crippen molar-refractivity contribution in [1.82, 2.24) is 19.8 Å². The first kappa shape index (κ1) is 26.1. The second kappa shape index (κ2) is 10.1. The molecular formula is C32H35N5O3. The summed E-state index contributed by atoms with van der Waals surface area (Å²) in [5, 5.41) is 0. The number of hydrogen-bond donors (Lipinski definition) is 1. The Morgan fingerprint density at radius 1 is 0.975 bits per heavy atom. The Bertz CT molecular complexity index is 1590. The summed E-state index contributed by atoms with van der Waals surface area (Å²) in [6.07, 6.45) is 4.25. The average Bonchev–Trinajstić information content (AvgIpc) is 3.69. The number of ether oxygens (including phenoxy) is 1.